The summed E-state index contributed by atoms with van der Waals surface area (Å²) < 4.78 is 0.865. The molecule has 1 aromatic rings. The molecule has 0 amide bonds. The van der Waals surface area contributed by atoms with Crippen LogP contribution in [0.5, 0.6) is 0 Å². The summed E-state index contributed by atoms with van der Waals surface area (Å²) in [5, 5.41) is 0. The lowest BCUT2D eigenvalue weighted by Gasteiger charge is -2.22. The molecule has 82 valence electrons. The lowest BCUT2D eigenvalue weighted by atomic mass is 10.3. The van der Waals surface area contributed by atoms with Crippen LogP contribution in [0.25, 0.3) is 0 Å². The summed E-state index contributed by atoms with van der Waals surface area (Å²) in [6.45, 7) is 4.44. The number of hydrogen-bond acceptors (Lipinski definition) is 3. The Kier molecular flexibility index (Phi) is 3.57. The molecule has 0 atom stereocenters. The quantitative estimate of drug-likeness (QED) is 0.770. The van der Waals surface area contributed by atoms with Gasteiger partial charge in [-0.3, -0.25) is 0 Å². The standard InChI is InChI=1S/C11H16BrN3/c1-2-5-15(7-9-3-4-9)11-6-10(12)13-8-14-11/h6,8-9H,2-5,7H2,1H3. The SMILES string of the molecule is CCCN(CC1CC1)c1cc(Br)ncn1. The number of rotatable bonds is 5. The summed E-state index contributed by atoms with van der Waals surface area (Å²) in [5.41, 5.74) is 0. The first-order valence-electron chi connectivity index (χ1n) is 5.52. The van der Waals surface area contributed by atoms with Gasteiger partial charge in [-0.25, -0.2) is 9.97 Å². The molecular weight excluding hydrogens is 254 g/mol. The monoisotopic (exact) mass is 269 g/mol. The fourth-order valence-corrected chi connectivity index (χ4v) is 1.97. The summed E-state index contributed by atoms with van der Waals surface area (Å²) in [6.07, 6.45) is 5.54. The van der Waals surface area contributed by atoms with Crippen LogP contribution in [0.15, 0.2) is 17.0 Å². The molecule has 0 N–H and O–H groups in total. The van der Waals surface area contributed by atoms with Gasteiger partial charge in [-0.1, -0.05) is 6.92 Å². The highest BCUT2D eigenvalue weighted by molar-refractivity contribution is 9.10. The van der Waals surface area contributed by atoms with Gasteiger partial charge in [0, 0.05) is 19.2 Å². The van der Waals surface area contributed by atoms with Crippen LogP contribution in [0.3, 0.4) is 0 Å². The number of aromatic nitrogens is 2. The molecule has 15 heavy (non-hydrogen) atoms. The van der Waals surface area contributed by atoms with Crippen molar-refractivity contribution in [3.63, 3.8) is 0 Å². The van der Waals surface area contributed by atoms with E-state index in [9.17, 15) is 0 Å². The smallest absolute Gasteiger partial charge is 0.133 e. The third-order valence-electron chi connectivity index (χ3n) is 2.61. The van der Waals surface area contributed by atoms with Crippen LogP contribution in [-0.4, -0.2) is 23.1 Å². The summed E-state index contributed by atoms with van der Waals surface area (Å²) >= 11 is 3.39. The van der Waals surface area contributed by atoms with Gasteiger partial charge in [0.15, 0.2) is 0 Å². The first-order valence-corrected chi connectivity index (χ1v) is 6.31. The van der Waals surface area contributed by atoms with Crippen molar-refractivity contribution in [2.45, 2.75) is 26.2 Å². The van der Waals surface area contributed by atoms with Gasteiger partial charge in [-0.05, 0) is 41.1 Å². The molecule has 1 heterocycles. The van der Waals surface area contributed by atoms with Crippen LogP contribution < -0.4 is 4.90 Å². The molecule has 1 aliphatic carbocycles. The van der Waals surface area contributed by atoms with E-state index in [1.54, 1.807) is 6.33 Å². The zero-order valence-corrected chi connectivity index (χ0v) is 10.6. The van der Waals surface area contributed by atoms with E-state index in [1.807, 2.05) is 6.07 Å². The van der Waals surface area contributed by atoms with Crippen LogP contribution in [0.4, 0.5) is 5.82 Å². The van der Waals surface area contributed by atoms with Crippen molar-refractivity contribution < 1.29 is 0 Å². The van der Waals surface area contributed by atoms with Crippen LogP contribution >= 0.6 is 15.9 Å². The van der Waals surface area contributed by atoms with Crippen molar-refractivity contribution in [3.05, 3.63) is 17.0 Å². The predicted molar refractivity (Wildman–Crippen MR) is 65.0 cm³/mol. The fraction of sp³-hybridized carbons (Fsp3) is 0.636. The van der Waals surface area contributed by atoms with E-state index in [0.717, 1.165) is 35.8 Å². The minimum atomic E-state index is 0.865. The normalized spacial score (nSPS) is 15.3. The largest absolute Gasteiger partial charge is 0.356 e. The molecule has 1 aromatic heterocycles. The third kappa shape index (κ3) is 3.16. The molecule has 0 aromatic carbocycles. The van der Waals surface area contributed by atoms with Crippen LogP contribution in [0, 0.1) is 5.92 Å². The Hall–Kier alpha value is -0.640. The Morgan fingerprint density at radius 1 is 1.47 bits per heavy atom. The van der Waals surface area contributed by atoms with E-state index in [2.05, 4.69) is 37.7 Å². The minimum absolute atomic E-state index is 0.865. The first kappa shape index (κ1) is 10.9. The Labute approximate surface area is 99.0 Å². The second kappa shape index (κ2) is 4.92. The number of nitrogens with zero attached hydrogens (tertiary/aromatic N) is 3. The van der Waals surface area contributed by atoms with E-state index in [4.69, 9.17) is 0 Å². The van der Waals surface area contributed by atoms with Gasteiger partial charge in [0.25, 0.3) is 0 Å². The van der Waals surface area contributed by atoms with E-state index in [0.29, 0.717) is 0 Å². The number of anilines is 1. The second-order valence-corrected chi connectivity index (χ2v) is 4.90. The average Bonchev–Trinajstić information content (AvgIpc) is 3.01. The average molecular weight is 270 g/mol. The Morgan fingerprint density at radius 3 is 2.87 bits per heavy atom. The van der Waals surface area contributed by atoms with Crippen molar-refractivity contribution in [1.29, 1.82) is 0 Å². The molecule has 0 aliphatic heterocycles. The third-order valence-corrected chi connectivity index (χ3v) is 3.05. The lowest BCUT2D eigenvalue weighted by Crippen LogP contribution is -2.27. The van der Waals surface area contributed by atoms with Crippen molar-refractivity contribution in [2.24, 2.45) is 5.92 Å². The molecule has 0 radical (unpaired) electrons. The topological polar surface area (TPSA) is 29.0 Å². The van der Waals surface area contributed by atoms with E-state index < -0.39 is 0 Å². The summed E-state index contributed by atoms with van der Waals surface area (Å²) in [7, 11) is 0. The van der Waals surface area contributed by atoms with Crippen LogP contribution in [0.1, 0.15) is 26.2 Å². The molecule has 3 nitrogen and oxygen atoms in total. The predicted octanol–water partition coefficient (Wildman–Crippen LogP) is 2.87. The molecule has 1 aliphatic rings. The molecule has 0 spiro atoms. The Morgan fingerprint density at radius 2 is 2.27 bits per heavy atom. The van der Waals surface area contributed by atoms with Crippen molar-refractivity contribution >= 4 is 21.7 Å². The molecule has 0 saturated heterocycles. The van der Waals surface area contributed by atoms with Gasteiger partial charge in [-0.2, -0.15) is 0 Å². The Bertz CT molecular complexity index is 325. The van der Waals surface area contributed by atoms with Crippen LogP contribution in [-0.2, 0) is 0 Å². The zero-order valence-electron chi connectivity index (χ0n) is 8.99. The molecule has 0 bridgehead atoms. The summed E-state index contributed by atoms with van der Waals surface area (Å²) in [4.78, 5) is 10.7. The molecule has 1 fully saturated rings. The van der Waals surface area contributed by atoms with Gasteiger partial charge in [0.05, 0.1) is 0 Å². The number of halogens is 1. The molecular formula is C11H16BrN3. The second-order valence-electron chi connectivity index (χ2n) is 4.09. The van der Waals surface area contributed by atoms with Crippen molar-refractivity contribution in [3.8, 4) is 0 Å². The first-order chi connectivity index (χ1) is 7.29. The van der Waals surface area contributed by atoms with Crippen LogP contribution in [0.2, 0.25) is 0 Å². The van der Waals surface area contributed by atoms with E-state index in [1.165, 1.54) is 12.8 Å². The van der Waals surface area contributed by atoms with E-state index >= 15 is 0 Å². The van der Waals surface area contributed by atoms with Gasteiger partial charge in [0.2, 0.25) is 0 Å². The highest BCUT2D eigenvalue weighted by Gasteiger charge is 2.24. The van der Waals surface area contributed by atoms with E-state index in [-0.39, 0.29) is 0 Å². The molecule has 0 unspecified atom stereocenters. The summed E-state index contributed by atoms with van der Waals surface area (Å²) in [6, 6.07) is 2.00. The molecule has 4 heteroatoms. The highest BCUT2D eigenvalue weighted by Crippen LogP contribution is 2.31. The van der Waals surface area contributed by atoms with Gasteiger partial charge < -0.3 is 4.90 Å². The highest BCUT2D eigenvalue weighted by atomic mass is 79.9. The number of hydrogen-bond donors (Lipinski definition) is 0. The maximum absolute atomic E-state index is 4.32. The Balaban J connectivity index is 2.07. The van der Waals surface area contributed by atoms with Crippen molar-refractivity contribution in [1.82, 2.24) is 9.97 Å². The fourth-order valence-electron chi connectivity index (χ4n) is 1.68. The molecule has 2 rings (SSSR count). The zero-order chi connectivity index (χ0) is 10.7. The maximum atomic E-state index is 4.32. The van der Waals surface area contributed by atoms with Crippen molar-refractivity contribution in [2.75, 3.05) is 18.0 Å². The van der Waals surface area contributed by atoms with Gasteiger partial charge >= 0.3 is 0 Å². The molecule has 1 saturated carbocycles. The lowest BCUT2D eigenvalue weighted by molar-refractivity contribution is 0.697. The van der Waals surface area contributed by atoms with Gasteiger partial charge in [0.1, 0.15) is 16.7 Å². The van der Waals surface area contributed by atoms with Gasteiger partial charge in [-0.15, -0.1) is 0 Å². The minimum Gasteiger partial charge on any atom is -0.356 e. The maximum Gasteiger partial charge on any atom is 0.133 e. The summed E-state index contributed by atoms with van der Waals surface area (Å²) in [5.74, 6) is 1.94.